The smallest absolute Gasteiger partial charge is 0.408 e. The van der Waals surface area contributed by atoms with Gasteiger partial charge in [0.15, 0.2) is 0 Å². The van der Waals surface area contributed by atoms with Gasteiger partial charge in [0.05, 0.1) is 6.42 Å². The summed E-state index contributed by atoms with van der Waals surface area (Å²) in [6.07, 6.45) is 7.56. The number of carbonyl (C=O) groups excluding carboxylic acids is 4. The van der Waals surface area contributed by atoms with Gasteiger partial charge in [-0.3, -0.25) is 14.4 Å². The Labute approximate surface area is 247 Å². The molecule has 0 spiro atoms. The summed E-state index contributed by atoms with van der Waals surface area (Å²) in [6.45, 7) is 14.1. The first-order valence-electron chi connectivity index (χ1n) is 15.2. The van der Waals surface area contributed by atoms with Gasteiger partial charge in [0.1, 0.15) is 17.7 Å². The highest BCUT2D eigenvalue weighted by Gasteiger charge is 2.36. The molecule has 4 amide bonds. The molecule has 41 heavy (non-hydrogen) atoms. The van der Waals surface area contributed by atoms with Crippen molar-refractivity contribution in [1.82, 2.24) is 15.5 Å². The Morgan fingerprint density at radius 2 is 1.51 bits per heavy atom. The molecule has 232 valence electrons. The second-order valence-corrected chi connectivity index (χ2v) is 11.9. The summed E-state index contributed by atoms with van der Waals surface area (Å²) in [6, 6.07) is 3.52. The monoisotopic (exact) mass is 574 g/mol. The average molecular weight is 575 g/mol. The molecule has 0 aliphatic rings. The highest BCUT2D eigenvalue weighted by Crippen LogP contribution is 2.26. The zero-order valence-electron chi connectivity index (χ0n) is 26.4. The Bertz CT molecular complexity index is 989. The maximum atomic E-state index is 14.2. The van der Waals surface area contributed by atoms with Gasteiger partial charge in [-0.1, -0.05) is 77.0 Å². The summed E-state index contributed by atoms with van der Waals surface area (Å²) < 4.78 is 5.36. The molecular formula is C32H54N4O5. The van der Waals surface area contributed by atoms with E-state index >= 15 is 0 Å². The molecule has 1 aromatic carbocycles. The van der Waals surface area contributed by atoms with E-state index in [1.165, 1.54) is 4.90 Å². The molecule has 0 saturated carbocycles. The molecular weight excluding hydrogens is 520 g/mol. The first-order valence-corrected chi connectivity index (χ1v) is 15.2. The summed E-state index contributed by atoms with van der Waals surface area (Å²) in [4.78, 5) is 54.1. The van der Waals surface area contributed by atoms with Gasteiger partial charge in [-0.05, 0) is 64.2 Å². The number of amides is 4. The van der Waals surface area contributed by atoms with Gasteiger partial charge in [0.2, 0.25) is 17.7 Å². The highest BCUT2D eigenvalue weighted by atomic mass is 16.6. The van der Waals surface area contributed by atoms with Crippen LogP contribution >= 0.6 is 0 Å². The van der Waals surface area contributed by atoms with Crippen molar-refractivity contribution in [3.8, 4) is 0 Å². The third-order valence-corrected chi connectivity index (χ3v) is 6.92. The quantitative estimate of drug-likeness (QED) is 0.196. The van der Waals surface area contributed by atoms with Crippen molar-refractivity contribution in [2.45, 2.75) is 130 Å². The number of benzene rings is 1. The van der Waals surface area contributed by atoms with Crippen molar-refractivity contribution < 1.29 is 23.9 Å². The minimum Gasteiger partial charge on any atom is -0.444 e. The molecule has 0 fully saturated rings. The Hall–Kier alpha value is -3.10. The number of unbranched alkanes of at least 4 members (excludes halogenated alkanes) is 7. The third-order valence-electron chi connectivity index (χ3n) is 6.92. The number of hydrogen-bond donors (Lipinski definition) is 3. The molecule has 0 aliphatic carbocycles. The zero-order valence-corrected chi connectivity index (χ0v) is 26.4. The Kier molecular flexibility index (Phi) is 16.1. The van der Waals surface area contributed by atoms with Crippen LogP contribution in [0.3, 0.4) is 0 Å². The molecule has 4 N–H and O–H groups in total. The van der Waals surface area contributed by atoms with Crippen LogP contribution in [0.2, 0.25) is 0 Å². The molecule has 2 atom stereocenters. The van der Waals surface area contributed by atoms with Crippen LogP contribution in [0.15, 0.2) is 18.2 Å². The SMILES string of the molecule is CCCCCCCCN(C(=O)C(CC(N)=O)NC(=O)OC(C)(C)C)C(C(=O)NCCCCC)c1ccc(C)c(C)c1. The molecule has 0 aromatic heterocycles. The van der Waals surface area contributed by atoms with Crippen LogP contribution in [0, 0.1) is 13.8 Å². The number of rotatable bonds is 18. The molecule has 0 heterocycles. The van der Waals surface area contributed by atoms with Crippen molar-refractivity contribution in [1.29, 1.82) is 0 Å². The normalized spacial score (nSPS) is 12.8. The molecule has 0 bridgehead atoms. The lowest BCUT2D eigenvalue weighted by Gasteiger charge is -2.34. The number of nitrogens with zero attached hydrogens (tertiary/aromatic N) is 1. The number of carbonyl (C=O) groups is 4. The van der Waals surface area contributed by atoms with Crippen molar-refractivity contribution >= 4 is 23.8 Å². The van der Waals surface area contributed by atoms with Crippen LogP contribution in [0.1, 0.15) is 122 Å². The third kappa shape index (κ3) is 13.9. The van der Waals surface area contributed by atoms with Crippen molar-refractivity contribution in [3.63, 3.8) is 0 Å². The first-order chi connectivity index (χ1) is 19.3. The van der Waals surface area contributed by atoms with Crippen LogP contribution in [0.4, 0.5) is 4.79 Å². The lowest BCUT2D eigenvalue weighted by molar-refractivity contribution is -0.143. The average Bonchev–Trinajstić information content (AvgIpc) is 2.87. The fourth-order valence-corrected chi connectivity index (χ4v) is 4.57. The molecule has 0 aliphatic heterocycles. The number of aryl methyl sites for hydroxylation is 2. The molecule has 9 heteroatoms. The molecule has 0 saturated heterocycles. The van der Waals surface area contributed by atoms with E-state index in [9.17, 15) is 19.2 Å². The number of nitrogens with one attached hydrogen (secondary N) is 2. The van der Waals surface area contributed by atoms with Crippen molar-refractivity contribution in [3.05, 3.63) is 34.9 Å². The van der Waals surface area contributed by atoms with E-state index in [1.807, 2.05) is 32.0 Å². The fraction of sp³-hybridized carbons (Fsp3) is 0.688. The van der Waals surface area contributed by atoms with E-state index in [0.717, 1.165) is 62.5 Å². The topological polar surface area (TPSA) is 131 Å². The standard InChI is InChI=1S/C32H54N4O5/c1-8-10-12-13-14-16-20-36(30(39)26(22-27(33)37)35-31(40)41-32(5,6)7)28(29(38)34-19-15-11-9-2)25-18-17-23(3)24(4)21-25/h17-18,21,26,28H,8-16,19-20,22H2,1-7H3,(H2,33,37)(H,34,38)(H,35,40). The predicted molar refractivity (Wildman–Crippen MR) is 163 cm³/mol. The van der Waals surface area contributed by atoms with Crippen LogP contribution in [0.5, 0.6) is 0 Å². The Morgan fingerprint density at radius 1 is 0.902 bits per heavy atom. The summed E-state index contributed by atoms with van der Waals surface area (Å²) in [5.41, 5.74) is 7.44. The minimum absolute atomic E-state index is 0.288. The number of ether oxygens (including phenoxy) is 1. The van der Waals surface area contributed by atoms with Gasteiger partial charge in [-0.25, -0.2) is 4.79 Å². The summed E-state index contributed by atoms with van der Waals surface area (Å²) in [5.74, 6) is -1.58. The predicted octanol–water partition coefficient (Wildman–Crippen LogP) is 5.61. The van der Waals surface area contributed by atoms with Crippen LogP contribution < -0.4 is 16.4 Å². The van der Waals surface area contributed by atoms with Gasteiger partial charge in [0.25, 0.3) is 0 Å². The minimum atomic E-state index is -1.27. The largest absolute Gasteiger partial charge is 0.444 e. The maximum Gasteiger partial charge on any atom is 0.408 e. The van der Waals surface area contributed by atoms with Gasteiger partial charge < -0.3 is 26.0 Å². The molecule has 1 rings (SSSR count). The number of hydrogen-bond acceptors (Lipinski definition) is 5. The number of primary amides is 1. The zero-order chi connectivity index (χ0) is 31.0. The van der Waals surface area contributed by atoms with Crippen molar-refractivity contribution in [2.24, 2.45) is 5.73 Å². The summed E-state index contributed by atoms with van der Waals surface area (Å²) in [7, 11) is 0. The number of nitrogens with two attached hydrogens (primary N) is 1. The molecule has 1 aromatic rings. The summed E-state index contributed by atoms with van der Waals surface area (Å²) in [5, 5.41) is 5.56. The maximum absolute atomic E-state index is 14.2. The van der Waals surface area contributed by atoms with Gasteiger partial charge >= 0.3 is 6.09 Å². The van der Waals surface area contributed by atoms with Crippen molar-refractivity contribution in [2.75, 3.05) is 13.1 Å². The molecule has 9 nitrogen and oxygen atoms in total. The van der Waals surface area contributed by atoms with E-state index in [1.54, 1.807) is 20.8 Å². The Balaban J connectivity index is 3.47. The second-order valence-electron chi connectivity index (χ2n) is 11.9. The molecule has 2 unspecified atom stereocenters. The first kappa shape index (κ1) is 35.9. The lowest BCUT2D eigenvalue weighted by Crippen LogP contribution is -2.54. The van der Waals surface area contributed by atoms with E-state index in [0.29, 0.717) is 18.5 Å². The van der Waals surface area contributed by atoms with E-state index < -0.39 is 42.0 Å². The van der Waals surface area contributed by atoms with E-state index in [4.69, 9.17) is 10.5 Å². The molecule has 0 radical (unpaired) electrons. The van der Waals surface area contributed by atoms with Crippen LogP contribution in [-0.4, -0.2) is 53.4 Å². The van der Waals surface area contributed by atoms with Crippen LogP contribution in [0.25, 0.3) is 0 Å². The van der Waals surface area contributed by atoms with Crippen LogP contribution in [-0.2, 0) is 19.1 Å². The number of alkyl carbamates (subject to hydrolysis) is 1. The summed E-state index contributed by atoms with van der Waals surface area (Å²) >= 11 is 0. The highest BCUT2D eigenvalue weighted by molar-refractivity contribution is 5.94. The fourth-order valence-electron chi connectivity index (χ4n) is 4.57. The van der Waals surface area contributed by atoms with Gasteiger partial charge in [-0.2, -0.15) is 0 Å². The van der Waals surface area contributed by atoms with E-state index in [2.05, 4.69) is 24.5 Å². The second kappa shape index (κ2) is 18.4. The Morgan fingerprint density at radius 3 is 2.10 bits per heavy atom. The van der Waals surface area contributed by atoms with Gasteiger partial charge in [-0.15, -0.1) is 0 Å². The van der Waals surface area contributed by atoms with Gasteiger partial charge in [0, 0.05) is 13.1 Å². The lowest BCUT2D eigenvalue weighted by atomic mass is 9.97. The van der Waals surface area contributed by atoms with E-state index in [-0.39, 0.29) is 12.5 Å².